The Labute approximate surface area is 149 Å². The lowest BCUT2D eigenvalue weighted by Gasteiger charge is -2.16. The normalized spacial score (nSPS) is 11.7. The minimum atomic E-state index is -4.89. The van der Waals surface area contributed by atoms with Gasteiger partial charge in [0, 0.05) is 4.90 Å². The van der Waals surface area contributed by atoms with Gasteiger partial charge in [0.05, 0.1) is 16.1 Å². The first kappa shape index (κ1) is 17.5. The molecule has 0 atom stereocenters. The van der Waals surface area contributed by atoms with Gasteiger partial charge in [0.2, 0.25) is 5.84 Å². The highest BCUT2D eigenvalue weighted by Crippen LogP contribution is 2.31. The highest BCUT2D eigenvalue weighted by atomic mass is 35.5. The first-order valence-corrected chi connectivity index (χ1v) is 8.13. The fourth-order valence-corrected chi connectivity index (χ4v) is 3.29. The molecule has 3 rings (SSSR count). The molecule has 2 aromatic carbocycles. The van der Waals surface area contributed by atoms with Gasteiger partial charge in [-0.05, 0) is 24.3 Å². The fraction of sp³-hybridized carbons (Fsp3) is 0.0625. The lowest BCUT2D eigenvalue weighted by Crippen LogP contribution is -2.38. The van der Waals surface area contributed by atoms with Crippen molar-refractivity contribution in [1.29, 1.82) is 10.8 Å². The minimum absolute atomic E-state index is 0.0285. The molecule has 0 saturated heterocycles. The number of alkyl halides is 3. The van der Waals surface area contributed by atoms with Crippen molar-refractivity contribution in [1.82, 2.24) is 9.55 Å². The maximum atomic E-state index is 13.1. The average Bonchev–Trinajstić information content (AvgIpc) is 2.56. The highest BCUT2D eigenvalue weighted by molar-refractivity contribution is 7.99. The van der Waals surface area contributed by atoms with Crippen molar-refractivity contribution in [2.24, 2.45) is 0 Å². The van der Waals surface area contributed by atoms with Crippen LogP contribution in [0.15, 0.2) is 58.5 Å². The molecule has 1 aromatic heterocycles. The Bertz CT molecular complexity index is 1030. The van der Waals surface area contributed by atoms with Crippen LogP contribution < -0.4 is 5.49 Å². The Kier molecular flexibility index (Phi) is 4.57. The van der Waals surface area contributed by atoms with E-state index >= 15 is 0 Å². The van der Waals surface area contributed by atoms with Crippen molar-refractivity contribution in [3.05, 3.63) is 59.0 Å². The van der Waals surface area contributed by atoms with Gasteiger partial charge in [0.25, 0.3) is 0 Å². The van der Waals surface area contributed by atoms with Crippen molar-refractivity contribution in [3.8, 4) is 0 Å². The minimum Gasteiger partial charge on any atom is -0.282 e. The number of fused-ring (bicyclic) bond motifs is 1. The number of benzene rings is 2. The van der Waals surface area contributed by atoms with Crippen LogP contribution in [-0.4, -0.2) is 21.6 Å². The Morgan fingerprint density at radius 2 is 1.72 bits per heavy atom. The van der Waals surface area contributed by atoms with E-state index in [1.54, 1.807) is 30.3 Å². The van der Waals surface area contributed by atoms with Crippen LogP contribution in [0.4, 0.5) is 13.2 Å². The zero-order valence-corrected chi connectivity index (χ0v) is 14.0. The number of nitrogens with one attached hydrogen (secondary N) is 2. The second-order valence-corrected chi connectivity index (χ2v) is 6.41. The first-order chi connectivity index (χ1) is 11.8. The molecular formula is C16H10ClF3N4S. The molecule has 2 N–H and O–H groups in total. The van der Waals surface area contributed by atoms with Crippen molar-refractivity contribution in [2.75, 3.05) is 0 Å². The Hall–Kier alpha value is -2.32. The number of hydrogen-bond donors (Lipinski definition) is 2. The molecule has 0 saturated carbocycles. The van der Waals surface area contributed by atoms with E-state index in [9.17, 15) is 13.2 Å². The highest BCUT2D eigenvalue weighted by Gasteiger charge is 2.37. The molecule has 0 radical (unpaired) electrons. The summed E-state index contributed by atoms with van der Waals surface area (Å²) in [4.78, 5) is 4.83. The number of rotatable bonds is 2. The smallest absolute Gasteiger partial charge is 0.282 e. The predicted molar refractivity (Wildman–Crippen MR) is 90.3 cm³/mol. The number of aromatic nitrogens is 2. The molecule has 25 heavy (non-hydrogen) atoms. The van der Waals surface area contributed by atoms with Crippen LogP contribution in [0.2, 0.25) is 5.02 Å². The lowest BCUT2D eigenvalue weighted by atomic mass is 10.3. The van der Waals surface area contributed by atoms with Crippen LogP contribution in [0.1, 0.15) is 0 Å². The van der Waals surface area contributed by atoms with Crippen LogP contribution in [0.5, 0.6) is 0 Å². The van der Waals surface area contributed by atoms with Crippen LogP contribution in [0.25, 0.3) is 11.0 Å². The quantitative estimate of drug-likeness (QED) is 0.498. The number of para-hydroxylation sites is 2. The third kappa shape index (κ3) is 3.40. The molecule has 0 amide bonds. The van der Waals surface area contributed by atoms with Crippen LogP contribution >= 0.6 is 23.4 Å². The molecule has 128 valence electrons. The summed E-state index contributed by atoms with van der Waals surface area (Å²) in [5.41, 5.74) is -0.230. The van der Waals surface area contributed by atoms with Gasteiger partial charge in [-0.25, -0.2) is 4.98 Å². The van der Waals surface area contributed by atoms with Crippen LogP contribution in [-0.2, 0) is 0 Å². The maximum absolute atomic E-state index is 13.1. The van der Waals surface area contributed by atoms with Gasteiger partial charge in [-0.1, -0.05) is 47.6 Å². The summed E-state index contributed by atoms with van der Waals surface area (Å²) in [5, 5.41) is 16.1. The van der Waals surface area contributed by atoms with E-state index in [1.807, 2.05) is 0 Å². The van der Waals surface area contributed by atoms with Gasteiger partial charge in [0.1, 0.15) is 5.03 Å². The lowest BCUT2D eigenvalue weighted by molar-refractivity contribution is -0.0624. The average molecular weight is 383 g/mol. The standard InChI is InChI=1S/C16H10ClF3N4S/c17-9-5-1-4-8-12(9)25-14-13(21)24(15(22)16(18,19)20)11-7-3-2-6-10(11)23-14/h1-8,21-22H. The summed E-state index contributed by atoms with van der Waals surface area (Å²) in [5.74, 6) is -1.64. The zero-order valence-electron chi connectivity index (χ0n) is 12.4. The Morgan fingerprint density at radius 1 is 1.08 bits per heavy atom. The van der Waals surface area contributed by atoms with E-state index in [1.165, 1.54) is 18.2 Å². The molecule has 0 unspecified atom stereocenters. The van der Waals surface area contributed by atoms with Crippen molar-refractivity contribution in [3.63, 3.8) is 0 Å². The summed E-state index contributed by atoms with van der Waals surface area (Å²) in [6, 6.07) is 12.9. The van der Waals surface area contributed by atoms with Gasteiger partial charge < -0.3 is 0 Å². The van der Waals surface area contributed by atoms with E-state index in [0.717, 1.165) is 11.8 Å². The fourth-order valence-electron chi connectivity index (χ4n) is 2.19. The van der Waals surface area contributed by atoms with E-state index in [0.29, 0.717) is 14.5 Å². The third-order valence-corrected chi connectivity index (χ3v) is 4.80. The molecule has 0 fully saturated rings. The molecule has 0 spiro atoms. The number of halogens is 4. The van der Waals surface area contributed by atoms with Gasteiger partial charge in [-0.15, -0.1) is 0 Å². The molecule has 3 aromatic rings. The summed E-state index contributed by atoms with van der Waals surface area (Å²) >= 11 is 7.06. The summed E-state index contributed by atoms with van der Waals surface area (Å²) in [7, 11) is 0. The molecule has 0 aliphatic heterocycles. The van der Waals surface area contributed by atoms with Gasteiger partial charge >= 0.3 is 6.18 Å². The van der Waals surface area contributed by atoms with Crippen molar-refractivity contribution in [2.45, 2.75) is 16.1 Å². The summed E-state index contributed by atoms with van der Waals surface area (Å²) < 4.78 is 39.8. The van der Waals surface area contributed by atoms with Gasteiger partial charge in [-0.2, -0.15) is 13.2 Å². The molecule has 9 heteroatoms. The molecule has 0 bridgehead atoms. The third-order valence-electron chi connectivity index (χ3n) is 3.31. The van der Waals surface area contributed by atoms with Gasteiger partial charge in [0.15, 0.2) is 5.49 Å². The van der Waals surface area contributed by atoms with Crippen molar-refractivity contribution >= 4 is 40.2 Å². The molecule has 4 nitrogen and oxygen atoms in total. The molecule has 0 aliphatic carbocycles. The second-order valence-electron chi connectivity index (χ2n) is 4.97. The maximum Gasteiger partial charge on any atom is 0.449 e. The Balaban J connectivity index is 2.25. The topological polar surface area (TPSA) is 65.5 Å². The molecule has 0 aliphatic rings. The van der Waals surface area contributed by atoms with E-state index in [2.05, 4.69) is 4.98 Å². The zero-order chi connectivity index (χ0) is 18.2. The van der Waals surface area contributed by atoms with E-state index in [4.69, 9.17) is 22.4 Å². The first-order valence-electron chi connectivity index (χ1n) is 6.94. The molecular weight excluding hydrogens is 373 g/mol. The van der Waals surface area contributed by atoms with Crippen molar-refractivity contribution < 1.29 is 13.2 Å². The van der Waals surface area contributed by atoms with E-state index in [-0.39, 0.29) is 16.1 Å². The Morgan fingerprint density at radius 3 is 2.40 bits per heavy atom. The van der Waals surface area contributed by atoms with Crippen LogP contribution in [0, 0.1) is 10.8 Å². The second kappa shape index (κ2) is 6.53. The van der Waals surface area contributed by atoms with Gasteiger partial charge in [-0.3, -0.25) is 15.4 Å². The monoisotopic (exact) mass is 382 g/mol. The predicted octanol–water partition coefficient (Wildman–Crippen LogP) is 4.71. The van der Waals surface area contributed by atoms with Crippen LogP contribution in [0.3, 0.4) is 0 Å². The number of hydrogen-bond acceptors (Lipinski definition) is 4. The van der Waals surface area contributed by atoms with E-state index < -0.39 is 17.5 Å². The summed E-state index contributed by atoms with van der Waals surface area (Å²) in [6.07, 6.45) is -4.89. The molecule has 1 heterocycles. The number of nitrogens with zero attached hydrogens (tertiary/aromatic N) is 2. The summed E-state index contributed by atoms with van der Waals surface area (Å²) in [6.45, 7) is 0. The SMILES string of the molecule is N=C(n1c(=N)c(Sc2ccccc2Cl)nc2ccccc21)C(F)(F)F. The largest absolute Gasteiger partial charge is 0.449 e.